The number of nitrogens with two attached hydrogens (primary N) is 1. The van der Waals surface area contributed by atoms with E-state index >= 15 is 0 Å². The molecule has 1 fully saturated rings. The van der Waals surface area contributed by atoms with E-state index < -0.39 is 0 Å². The van der Waals surface area contributed by atoms with Gasteiger partial charge in [0.2, 0.25) is 0 Å². The zero-order valence-corrected chi connectivity index (χ0v) is 22.8. The van der Waals surface area contributed by atoms with E-state index in [0.717, 1.165) is 75.0 Å². The van der Waals surface area contributed by atoms with Gasteiger partial charge in [-0.15, -0.1) is 0 Å². The lowest BCUT2D eigenvalue weighted by Crippen LogP contribution is -2.15. The first-order valence-electron chi connectivity index (χ1n) is 13.6. The Bertz CT molecular complexity index is 1690. The largest absolute Gasteiger partial charge is 0.497 e. The third-order valence-corrected chi connectivity index (χ3v) is 7.16. The molecule has 0 radical (unpaired) electrons. The number of nitrogens with one attached hydrogen (secondary N) is 3. The highest BCUT2D eigenvalue weighted by molar-refractivity contribution is 5.94. The Labute approximate surface area is 233 Å². The van der Waals surface area contributed by atoms with E-state index in [2.05, 4.69) is 57.0 Å². The lowest BCUT2D eigenvalue weighted by molar-refractivity contribution is 0.415. The average Bonchev–Trinajstić information content (AvgIpc) is 3.72. The molecular formula is C32H33N7O. The van der Waals surface area contributed by atoms with E-state index in [4.69, 9.17) is 15.5 Å². The molecule has 5 N–H and O–H groups in total. The molecule has 6 rings (SSSR count). The summed E-state index contributed by atoms with van der Waals surface area (Å²) in [5.74, 6) is 0.806. The Morgan fingerprint density at radius 3 is 2.85 bits per heavy atom. The van der Waals surface area contributed by atoms with Crippen LogP contribution >= 0.6 is 0 Å². The molecule has 0 saturated heterocycles. The lowest BCUT2D eigenvalue weighted by atomic mass is 9.98. The van der Waals surface area contributed by atoms with Gasteiger partial charge in [0.25, 0.3) is 0 Å². The molecule has 0 bridgehead atoms. The quantitative estimate of drug-likeness (QED) is 0.208. The number of H-pyrrole nitrogens is 1. The lowest BCUT2D eigenvalue weighted by Gasteiger charge is -2.21. The first-order chi connectivity index (χ1) is 19.7. The molecular weight excluding hydrogens is 498 g/mol. The number of rotatable bonds is 9. The maximum Gasteiger partial charge on any atom is 0.134 e. The van der Waals surface area contributed by atoms with Crippen LogP contribution in [0.15, 0.2) is 84.2 Å². The van der Waals surface area contributed by atoms with E-state index in [0.29, 0.717) is 6.42 Å². The number of pyridine rings is 2. The second-order valence-electron chi connectivity index (χ2n) is 9.95. The van der Waals surface area contributed by atoms with Gasteiger partial charge in [-0.3, -0.25) is 10.1 Å². The van der Waals surface area contributed by atoms with E-state index in [9.17, 15) is 0 Å². The molecule has 4 heterocycles. The van der Waals surface area contributed by atoms with E-state index in [1.807, 2.05) is 42.6 Å². The zero-order chi connectivity index (χ0) is 27.5. The van der Waals surface area contributed by atoms with Crippen LogP contribution in [0.4, 0.5) is 5.69 Å². The summed E-state index contributed by atoms with van der Waals surface area (Å²) >= 11 is 0. The Morgan fingerprint density at radius 1 is 1.15 bits per heavy atom. The number of allylic oxidation sites excluding steroid dienone is 4. The fraction of sp³-hybridized carbons (Fsp3) is 0.219. The van der Waals surface area contributed by atoms with Gasteiger partial charge in [-0.25, -0.2) is 4.98 Å². The summed E-state index contributed by atoms with van der Waals surface area (Å²) < 4.78 is 5.42. The molecule has 1 aliphatic heterocycles. The third kappa shape index (κ3) is 5.26. The molecule has 40 heavy (non-hydrogen) atoms. The van der Waals surface area contributed by atoms with Crippen molar-refractivity contribution in [3.05, 3.63) is 101 Å². The number of ether oxygens (including phenoxy) is 1. The van der Waals surface area contributed by atoms with Crippen molar-refractivity contribution in [1.82, 2.24) is 25.5 Å². The molecule has 0 amide bonds. The summed E-state index contributed by atoms with van der Waals surface area (Å²) in [6.07, 6.45) is 13.1. The summed E-state index contributed by atoms with van der Waals surface area (Å²) in [6, 6.07) is 14.0. The van der Waals surface area contributed by atoms with Crippen LogP contribution in [-0.4, -0.2) is 40.4 Å². The number of nitrogens with zero attached hydrogens (tertiary/aromatic N) is 3. The number of aromatic nitrogens is 4. The van der Waals surface area contributed by atoms with E-state index in [-0.39, 0.29) is 0 Å². The van der Waals surface area contributed by atoms with Gasteiger partial charge in [0, 0.05) is 41.3 Å². The van der Waals surface area contributed by atoms with Crippen LogP contribution in [0, 0.1) is 0 Å². The summed E-state index contributed by atoms with van der Waals surface area (Å²) in [4.78, 5) is 9.70. The van der Waals surface area contributed by atoms with Gasteiger partial charge >= 0.3 is 0 Å². The van der Waals surface area contributed by atoms with Gasteiger partial charge in [0.1, 0.15) is 17.0 Å². The number of likely N-dealkylation sites (N-methyl/N-ethyl adjacent to an activating group) is 1. The fourth-order valence-corrected chi connectivity index (χ4v) is 4.94. The van der Waals surface area contributed by atoms with Crippen LogP contribution in [0.1, 0.15) is 36.7 Å². The molecule has 8 heteroatoms. The monoisotopic (exact) mass is 531 g/mol. The number of anilines is 1. The Morgan fingerprint density at radius 2 is 2.05 bits per heavy atom. The predicted octanol–water partition coefficient (Wildman–Crippen LogP) is 5.59. The highest BCUT2D eigenvalue weighted by Gasteiger charge is 2.21. The second-order valence-corrected chi connectivity index (χ2v) is 9.95. The highest BCUT2D eigenvalue weighted by atomic mass is 16.5. The second kappa shape index (κ2) is 11.2. The Kier molecular flexibility index (Phi) is 7.16. The van der Waals surface area contributed by atoms with Crippen LogP contribution in [0.25, 0.3) is 33.6 Å². The van der Waals surface area contributed by atoms with Crippen molar-refractivity contribution in [2.24, 2.45) is 5.73 Å². The fourth-order valence-electron chi connectivity index (χ4n) is 4.94. The highest BCUT2D eigenvalue weighted by Crippen LogP contribution is 2.36. The molecule has 1 saturated carbocycles. The van der Waals surface area contributed by atoms with Gasteiger partial charge in [0.15, 0.2) is 0 Å². The van der Waals surface area contributed by atoms with E-state index in [1.165, 1.54) is 24.0 Å². The summed E-state index contributed by atoms with van der Waals surface area (Å²) in [6.45, 7) is 3.81. The third-order valence-electron chi connectivity index (χ3n) is 7.16. The summed E-state index contributed by atoms with van der Waals surface area (Å²) in [7, 11) is 1.67. The van der Waals surface area contributed by atoms with Crippen molar-refractivity contribution >= 4 is 28.0 Å². The molecule has 1 aromatic carbocycles. The van der Waals surface area contributed by atoms with Crippen LogP contribution in [0.5, 0.6) is 5.75 Å². The SMILES string of the molecule is CCNC/C(C=C1CC1)=C/C(=C\N)c1ccc2[nH]nc(C3=CCc4c(ccnc4-c4cccc(OC)c4)N3)c2n1. The van der Waals surface area contributed by atoms with Gasteiger partial charge in [-0.05, 0) is 67.8 Å². The average molecular weight is 532 g/mol. The van der Waals surface area contributed by atoms with Crippen molar-refractivity contribution < 1.29 is 4.74 Å². The van der Waals surface area contributed by atoms with E-state index in [1.54, 1.807) is 13.3 Å². The summed E-state index contributed by atoms with van der Waals surface area (Å²) in [5.41, 5.74) is 17.9. The van der Waals surface area contributed by atoms with Crippen LogP contribution < -0.4 is 21.1 Å². The van der Waals surface area contributed by atoms with Crippen molar-refractivity contribution in [1.29, 1.82) is 0 Å². The van der Waals surface area contributed by atoms with Crippen molar-refractivity contribution in [3.63, 3.8) is 0 Å². The number of aromatic amines is 1. The van der Waals surface area contributed by atoms with Crippen LogP contribution in [-0.2, 0) is 6.42 Å². The Hall–Kier alpha value is -4.69. The van der Waals surface area contributed by atoms with Gasteiger partial charge < -0.3 is 21.1 Å². The minimum Gasteiger partial charge on any atom is -0.497 e. The summed E-state index contributed by atoms with van der Waals surface area (Å²) in [5, 5.41) is 14.8. The number of methoxy groups -OCH3 is 1. The predicted molar refractivity (Wildman–Crippen MR) is 162 cm³/mol. The first kappa shape index (κ1) is 25.6. The normalized spacial score (nSPS) is 14.9. The molecule has 0 atom stereocenters. The van der Waals surface area contributed by atoms with Crippen molar-refractivity contribution in [2.45, 2.75) is 26.2 Å². The zero-order valence-electron chi connectivity index (χ0n) is 22.8. The molecule has 2 aliphatic rings. The number of hydrogen-bond donors (Lipinski definition) is 4. The number of fused-ring (bicyclic) bond motifs is 2. The van der Waals surface area contributed by atoms with Crippen LogP contribution in [0.3, 0.4) is 0 Å². The molecule has 0 unspecified atom stereocenters. The first-order valence-corrected chi connectivity index (χ1v) is 13.6. The van der Waals surface area contributed by atoms with Crippen LogP contribution in [0.2, 0.25) is 0 Å². The molecule has 202 valence electrons. The molecule has 3 aromatic heterocycles. The molecule has 0 spiro atoms. The minimum atomic E-state index is 0.714. The molecule has 1 aliphatic carbocycles. The smallest absolute Gasteiger partial charge is 0.134 e. The van der Waals surface area contributed by atoms with Gasteiger partial charge in [0.05, 0.1) is 29.7 Å². The van der Waals surface area contributed by atoms with Gasteiger partial charge in [-0.2, -0.15) is 5.10 Å². The molecule has 8 nitrogen and oxygen atoms in total. The Balaban J connectivity index is 1.32. The number of hydrogen-bond acceptors (Lipinski definition) is 7. The number of benzene rings is 1. The van der Waals surface area contributed by atoms with Crippen molar-refractivity contribution in [3.8, 4) is 17.0 Å². The maximum absolute atomic E-state index is 6.11. The minimum absolute atomic E-state index is 0.714. The molecule has 4 aromatic rings. The van der Waals surface area contributed by atoms with Gasteiger partial charge in [-0.1, -0.05) is 36.8 Å². The van der Waals surface area contributed by atoms with Crippen molar-refractivity contribution in [2.75, 3.05) is 25.5 Å². The topological polar surface area (TPSA) is 114 Å². The maximum atomic E-state index is 6.11. The standard InChI is InChI=1S/C32H33N7O/c1-3-34-19-21(15-20-7-8-20)16-23(18-33)26-11-12-29-31(37-26)32(39-38-29)28-10-9-25-27(36-28)13-14-35-30(25)22-5-4-6-24(17-22)40-2/h4-6,10-18,34,36H,3,7-9,19,33H2,1-2H3,(H,38,39)/b21-16+,23-18+.